The highest BCUT2D eigenvalue weighted by atomic mass is 19.1. The monoisotopic (exact) mass is 367 g/mol. The Morgan fingerprint density at radius 2 is 1.81 bits per heavy atom. The summed E-state index contributed by atoms with van der Waals surface area (Å²) in [5.41, 5.74) is 2.24. The number of hydrogen-bond donors (Lipinski definition) is 2. The van der Waals surface area contributed by atoms with Gasteiger partial charge in [0, 0.05) is 5.92 Å². The minimum absolute atomic E-state index is 0.243. The standard InChI is InChI=1S/C20H18FN3O3/c1-20(12-7-3-2-4-8-12)18(26)24(19(27)22-20)23-17(25)15-11-14(15)13-9-5-6-10-16(13)21/h2-10,14-15H,11H2,1H3,(H,22,27)(H,23,25)/t14-,15-,20+/m0/s1. The molecule has 2 aromatic rings. The van der Waals surface area contributed by atoms with E-state index in [1.54, 1.807) is 49.4 Å². The molecule has 2 fully saturated rings. The lowest BCUT2D eigenvalue weighted by Crippen LogP contribution is -2.48. The van der Waals surface area contributed by atoms with Crippen LogP contribution in [0, 0.1) is 11.7 Å². The Kier molecular flexibility index (Phi) is 3.95. The summed E-state index contributed by atoms with van der Waals surface area (Å²) in [4.78, 5) is 37.6. The number of urea groups is 1. The second-order valence-electron chi connectivity index (χ2n) is 7.01. The average molecular weight is 367 g/mol. The van der Waals surface area contributed by atoms with Crippen molar-refractivity contribution >= 4 is 17.8 Å². The average Bonchev–Trinajstić information content (AvgIpc) is 3.43. The Morgan fingerprint density at radius 3 is 2.52 bits per heavy atom. The lowest BCUT2D eigenvalue weighted by Gasteiger charge is -2.22. The van der Waals surface area contributed by atoms with Crippen LogP contribution in [0.5, 0.6) is 0 Å². The van der Waals surface area contributed by atoms with E-state index in [0.717, 1.165) is 0 Å². The molecule has 1 saturated carbocycles. The third-order valence-electron chi connectivity index (χ3n) is 5.20. The maximum atomic E-state index is 13.9. The summed E-state index contributed by atoms with van der Waals surface area (Å²) in [5, 5.41) is 3.34. The number of carbonyl (C=O) groups excluding carboxylic acids is 3. The van der Waals surface area contributed by atoms with Gasteiger partial charge in [-0.3, -0.25) is 15.0 Å². The van der Waals surface area contributed by atoms with Crippen LogP contribution in [0.25, 0.3) is 0 Å². The van der Waals surface area contributed by atoms with E-state index in [0.29, 0.717) is 22.6 Å². The molecule has 27 heavy (non-hydrogen) atoms. The van der Waals surface area contributed by atoms with Gasteiger partial charge in [0.05, 0.1) is 0 Å². The van der Waals surface area contributed by atoms with Gasteiger partial charge in [-0.25, -0.2) is 9.18 Å². The minimum atomic E-state index is -1.25. The fraction of sp³-hybridized carbons (Fsp3) is 0.250. The van der Waals surface area contributed by atoms with Crippen LogP contribution in [-0.4, -0.2) is 22.9 Å². The van der Waals surface area contributed by atoms with E-state index in [1.165, 1.54) is 6.07 Å². The van der Waals surface area contributed by atoms with Crippen molar-refractivity contribution in [2.75, 3.05) is 0 Å². The van der Waals surface area contributed by atoms with Gasteiger partial charge in [-0.2, -0.15) is 5.01 Å². The fourth-order valence-corrected chi connectivity index (χ4v) is 3.51. The Balaban J connectivity index is 1.47. The number of rotatable bonds is 4. The molecular weight excluding hydrogens is 349 g/mol. The van der Waals surface area contributed by atoms with Crippen molar-refractivity contribution in [1.29, 1.82) is 0 Å². The zero-order valence-electron chi connectivity index (χ0n) is 14.6. The predicted molar refractivity (Wildman–Crippen MR) is 94.6 cm³/mol. The predicted octanol–water partition coefficient (Wildman–Crippen LogP) is 2.43. The second kappa shape index (κ2) is 6.19. The Labute approximate surface area is 155 Å². The molecule has 0 unspecified atom stereocenters. The number of carbonyl (C=O) groups is 3. The van der Waals surface area contributed by atoms with E-state index in [2.05, 4.69) is 10.7 Å². The first-order valence-electron chi connectivity index (χ1n) is 8.69. The zero-order valence-corrected chi connectivity index (χ0v) is 14.6. The van der Waals surface area contributed by atoms with Crippen molar-refractivity contribution in [3.8, 4) is 0 Å². The summed E-state index contributed by atoms with van der Waals surface area (Å²) in [6.45, 7) is 1.59. The van der Waals surface area contributed by atoms with Gasteiger partial charge in [-0.15, -0.1) is 0 Å². The van der Waals surface area contributed by atoms with Crippen LogP contribution in [0.4, 0.5) is 9.18 Å². The maximum Gasteiger partial charge on any atom is 0.344 e. The van der Waals surface area contributed by atoms with E-state index in [9.17, 15) is 18.8 Å². The molecule has 0 radical (unpaired) electrons. The number of nitrogens with zero attached hydrogens (tertiary/aromatic N) is 1. The molecule has 0 bridgehead atoms. The molecular formula is C20H18FN3O3. The van der Waals surface area contributed by atoms with E-state index < -0.39 is 29.3 Å². The number of amides is 4. The number of halogens is 1. The lowest BCUT2D eigenvalue weighted by atomic mass is 9.92. The highest BCUT2D eigenvalue weighted by molar-refractivity contribution is 6.08. The number of hydrazine groups is 1. The zero-order chi connectivity index (χ0) is 19.2. The maximum absolute atomic E-state index is 13.9. The van der Waals surface area contributed by atoms with Crippen molar-refractivity contribution in [3.63, 3.8) is 0 Å². The topological polar surface area (TPSA) is 78.5 Å². The van der Waals surface area contributed by atoms with Gasteiger partial charge in [0.1, 0.15) is 11.4 Å². The molecule has 2 aliphatic rings. The molecule has 0 aromatic heterocycles. The fourth-order valence-electron chi connectivity index (χ4n) is 3.51. The van der Waals surface area contributed by atoms with Crippen LogP contribution >= 0.6 is 0 Å². The molecule has 4 rings (SSSR count). The SMILES string of the molecule is C[C@]1(c2ccccc2)NC(=O)N(NC(=O)[C@H]2C[C@H]2c2ccccc2F)C1=O. The molecule has 4 amide bonds. The van der Waals surface area contributed by atoms with E-state index in [4.69, 9.17) is 0 Å². The quantitative estimate of drug-likeness (QED) is 0.815. The van der Waals surface area contributed by atoms with E-state index in [-0.39, 0.29) is 11.7 Å². The molecule has 7 heteroatoms. The molecule has 1 saturated heterocycles. The van der Waals surface area contributed by atoms with Crippen molar-refractivity contribution in [2.24, 2.45) is 5.92 Å². The Hall–Kier alpha value is -3.22. The van der Waals surface area contributed by atoms with Gasteiger partial charge in [0.25, 0.3) is 5.91 Å². The van der Waals surface area contributed by atoms with Crippen LogP contribution in [0.1, 0.15) is 30.4 Å². The molecule has 1 aliphatic heterocycles. The van der Waals surface area contributed by atoms with Crippen molar-refractivity contribution < 1.29 is 18.8 Å². The first-order valence-corrected chi connectivity index (χ1v) is 8.69. The van der Waals surface area contributed by atoms with Crippen molar-refractivity contribution in [3.05, 3.63) is 71.5 Å². The summed E-state index contributed by atoms with van der Waals surface area (Å²) in [5.74, 6) is -2.10. The lowest BCUT2D eigenvalue weighted by molar-refractivity contribution is -0.139. The second-order valence-corrected chi connectivity index (χ2v) is 7.01. The third-order valence-corrected chi connectivity index (χ3v) is 5.20. The third kappa shape index (κ3) is 2.85. The highest BCUT2D eigenvalue weighted by Crippen LogP contribution is 2.48. The van der Waals surface area contributed by atoms with Crippen molar-refractivity contribution in [1.82, 2.24) is 15.8 Å². The van der Waals surface area contributed by atoms with Crippen LogP contribution in [0.2, 0.25) is 0 Å². The van der Waals surface area contributed by atoms with Gasteiger partial charge in [0.15, 0.2) is 0 Å². The summed E-state index contributed by atoms with van der Waals surface area (Å²) in [6.07, 6.45) is 0.479. The minimum Gasteiger partial charge on any atom is -0.318 e. The number of imide groups is 1. The molecule has 0 spiro atoms. The van der Waals surface area contributed by atoms with Crippen LogP contribution in [0.3, 0.4) is 0 Å². The largest absolute Gasteiger partial charge is 0.344 e. The molecule has 2 aromatic carbocycles. The van der Waals surface area contributed by atoms with Gasteiger partial charge >= 0.3 is 6.03 Å². The van der Waals surface area contributed by atoms with Gasteiger partial charge in [-0.1, -0.05) is 48.5 Å². The van der Waals surface area contributed by atoms with Crippen LogP contribution in [0.15, 0.2) is 54.6 Å². The smallest absolute Gasteiger partial charge is 0.318 e. The van der Waals surface area contributed by atoms with Gasteiger partial charge in [0.2, 0.25) is 5.91 Å². The number of nitrogens with one attached hydrogen (secondary N) is 2. The molecule has 2 N–H and O–H groups in total. The molecule has 1 heterocycles. The van der Waals surface area contributed by atoms with Crippen LogP contribution < -0.4 is 10.7 Å². The normalized spacial score (nSPS) is 26.7. The molecule has 1 aliphatic carbocycles. The molecule has 3 atom stereocenters. The number of benzene rings is 2. The summed E-state index contributed by atoms with van der Waals surface area (Å²) >= 11 is 0. The van der Waals surface area contributed by atoms with E-state index >= 15 is 0 Å². The van der Waals surface area contributed by atoms with Gasteiger partial charge < -0.3 is 5.32 Å². The first-order chi connectivity index (χ1) is 12.9. The van der Waals surface area contributed by atoms with Crippen molar-refractivity contribution in [2.45, 2.75) is 24.8 Å². The van der Waals surface area contributed by atoms with E-state index in [1.807, 2.05) is 6.07 Å². The molecule has 6 nitrogen and oxygen atoms in total. The van der Waals surface area contributed by atoms with Crippen LogP contribution in [-0.2, 0) is 15.1 Å². The van der Waals surface area contributed by atoms with Gasteiger partial charge in [-0.05, 0) is 36.5 Å². The highest BCUT2D eigenvalue weighted by Gasteiger charge is 2.52. The summed E-state index contributed by atoms with van der Waals surface area (Å²) in [7, 11) is 0. The summed E-state index contributed by atoms with van der Waals surface area (Å²) in [6, 6.07) is 14.4. The summed E-state index contributed by atoms with van der Waals surface area (Å²) < 4.78 is 13.9. The Bertz CT molecular complexity index is 933. The number of hydrogen-bond acceptors (Lipinski definition) is 3. The Morgan fingerprint density at radius 1 is 1.15 bits per heavy atom. The first kappa shape index (κ1) is 17.2. The molecule has 138 valence electrons.